The summed E-state index contributed by atoms with van der Waals surface area (Å²) in [5, 5.41) is 0.115. The van der Waals surface area contributed by atoms with Gasteiger partial charge in [0, 0.05) is 30.9 Å². The predicted molar refractivity (Wildman–Crippen MR) is 122 cm³/mol. The summed E-state index contributed by atoms with van der Waals surface area (Å²) in [5.74, 6) is 0.203. The van der Waals surface area contributed by atoms with Crippen molar-refractivity contribution in [3.8, 4) is 0 Å². The monoisotopic (exact) mass is 462 g/mol. The molecule has 0 spiro atoms. The molecule has 8 heteroatoms. The second kappa shape index (κ2) is 8.90. The van der Waals surface area contributed by atoms with Crippen molar-refractivity contribution in [1.29, 1.82) is 0 Å². The number of amides is 1. The van der Waals surface area contributed by atoms with Crippen LogP contribution in [0.15, 0.2) is 41.3 Å². The van der Waals surface area contributed by atoms with Gasteiger partial charge < -0.3 is 9.64 Å². The third kappa shape index (κ3) is 4.37. The van der Waals surface area contributed by atoms with Crippen LogP contribution in [0.2, 0.25) is 5.02 Å². The Morgan fingerprint density at radius 2 is 1.81 bits per heavy atom. The summed E-state index contributed by atoms with van der Waals surface area (Å²) in [6.07, 6.45) is 1.80. The minimum absolute atomic E-state index is 0.0331. The van der Waals surface area contributed by atoms with Crippen molar-refractivity contribution in [2.45, 2.75) is 37.5 Å². The van der Waals surface area contributed by atoms with E-state index >= 15 is 0 Å². The van der Waals surface area contributed by atoms with Gasteiger partial charge in [-0.25, -0.2) is 8.42 Å². The smallest absolute Gasteiger partial charge is 0.258 e. The van der Waals surface area contributed by atoms with Gasteiger partial charge in [-0.15, -0.1) is 0 Å². The first-order valence-corrected chi connectivity index (χ1v) is 12.4. The highest BCUT2D eigenvalue weighted by Gasteiger charge is 2.30. The maximum Gasteiger partial charge on any atom is 0.258 e. The molecule has 0 aromatic heterocycles. The van der Waals surface area contributed by atoms with Crippen LogP contribution in [-0.4, -0.2) is 51.5 Å². The molecular weight excluding hydrogens is 436 g/mol. The van der Waals surface area contributed by atoms with Crippen molar-refractivity contribution in [3.05, 3.63) is 58.1 Å². The number of carbonyl (C=O) groups is 1. The third-order valence-corrected chi connectivity index (χ3v) is 8.28. The SMILES string of the molecule is CC(C)c1ccc2c(c1)CCCN2C(=O)c1ccc(Cl)c(S(=O)(=O)N2CCOCC2)c1. The Hall–Kier alpha value is -1.93. The van der Waals surface area contributed by atoms with Gasteiger partial charge in [0.1, 0.15) is 4.90 Å². The molecule has 0 bridgehead atoms. The number of aryl methyl sites for hydroxylation is 1. The fraction of sp³-hybridized carbons (Fsp3) is 0.435. The molecule has 6 nitrogen and oxygen atoms in total. The number of benzene rings is 2. The normalized spacial score (nSPS) is 17.6. The highest BCUT2D eigenvalue weighted by molar-refractivity contribution is 7.89. The van der Waals surface area contributed by atoms with E-state index in [1.54, 1.807) is 11.0 Å². The molecule has 1 amide bonds. The second-order valence-corrected chi connectivity index (χ2v) is 10.6. The summed E-state index contributed by atoms with van der Waals surface area (Å²) < 4.78 is 32.9. The average Bonchev–Trinajstić information content (AvgIpc) is 2.78. The van der Waals surface area contributed by atoms with E-state index in [2.05, 4.69) is 26.0 Å². The number of ether oxygens (including phenoxy) is 1. The lowest BCUT2D eigenvalue weighted by Crippen LogP contribution is -2.41. The van der Waals surface area contributed by atoms with Gasteiger partial charge >= 0.3 is 0 Å². The minimum Gasteiger partial charge on any atom is -0.379 e. The van der Waals surface area contributed by atoms with Crippen molar-refractivity contribution in [3.63, 3.8) is 0 Å². The maximum atomic E-state index is 13.4. The van der Waals surface area contributed by atoms with E-state index < -0.39 is 10.0 Å². The summed E-state index contributed by atoms with van der Waals surface area (Å²) in [6.45, 7) is 6.14. The van der Waals surface area contributed by atoms with Gasteiger partial charge in [0.15, 0.2) is 0 Å². The fourth-order valence-corrected chi connectivity index (χ4v) is 6.01. The quantitative estimate of drug-likeness (QED) is 0.686. The molecule has 0 radical (unpaired) electrons. The van der Waals surface area contributed by atoms with Gasteiger partial charge in [0.05, 0.1) is 18.2 Å². The van der Waals surface area contributed by atoms with Crippen LogP contribution < -0.4 is 4.90 Å². The molecule has 2 aliphatic heterocycles. The number of rotatable bonds is 4. The Morgan fingerprint density at radius 3 is 2.52 bits per heavy atom. The van der Waals surface area contributed by atoms with Crippen LogP contribution in [0.1, 0.15) is 47.7 Å². The highest BCUT2D eigenvalue weighted by atomic mass is 35.5. The van der Waals surface area contributed by atoms with Gasteiger partial charge in [-0.3, -0.25) is 4.79 Å². The van der Waals surface area contributed by atoms with Crippen molar-refractivity contribution in [2.75, 3.05) is 37.7 Å². The van der Waals surface area contributed by atoms with Crippen LogP contribution in [0.25, 0.3) is 0 Å². The number of halogens is 1. The molecule has 1 saturated heterocycles. The summed E-state index contributed by atoms with van der Waals surface area (Å²) in [6, 6.07) is 10.7. The molecule has 4 rings (SSSR count). The molecule has 0 aliphatic carbocycles. The molecule has 166 valence electrons. The van der Waals surface area contributed by atoms with Gasteiger partial charge in [-0.1, -0.05) is 37.6 Å². The van der Waals surface area contributed by atoms with Gasteiger partial charge in [-0.2, -0.15) is 4.31 Å². The van der Waals surface area contributed by atoms with Crippen LogP contribution in [0, 0.1) is 0 Å². The van der Waals surface area contributed by atoms with E-state index in [1.165, 1.54) is 22.0 Å². The number of morpholine rings is 1. The zero-order valence-electron chi connectivity index (χ0n) is 17.8. The molecule has 2 aromatic carbocycles. The van der Waals surface area contributed by atoms with Gasteiger partial charge in [0.25, 0.3) is 5.91 Å². The number of nitrogens with zero attached hydrogens (tertiary/aromatic N) is 2. The van der Waals surface area contributed by atoms with E-state index in [0.717, 1.165) is 24.1 Å². The molecular formula is C23H27ClN2O4S. The van der Waals surface area contributed by atoms with Crippen LogP contribution in [0.5, 0.6) is 0 Å². The van der Waals surface area contributed by atoms with Crippen molar-refractivity contribution >= 4 is 33.2 Å². The number of hydrogen-bond acceptors (Lipinski definition) is 4. The number of fused-ring (bicyclic) bond motifs is 1. The lowest BCUT2D eigenvalue weighted by atomic mass is 9.94. The van der Waals surface area contributed by atoms with E-state index in [1.807, 2.05) is 6.07 Å². The summed E-state index contributed by atoms with van der Waals surface area (Å²) in [4.78, 5) is 15.1. The summed E-state index contributed by atoms with van der Waals surface area (Å²) >= 11 is 6.26. The van der Waals surface area contributed by atoms with E-state index in [9.17, 15) is 13.2 Å². The molecule has 2 aliphatic rings. The van der Waals surface area contributed by atoms with Gasteiger partial charge in [-0.05, 0) is 54.2 Å². The van der Waals surface area contributed by atoms with E-state index in [0.29, 0.717) is 31.2 Å². The number of anilines is 1. The second-order valence-electron chi connectivity index (χ2n) is 8.26. The molecule has 0 saturated carbocycles. The lowest BCUT2D eigenvalue weighted by Gasteiger charge is -2.31. The Labute approximate surface area is 188 Å². The molecule has 0 unspecified atom stereocenters. The van der Waals surface area contributed by atoms with Crippen LogP contribution >= 0.6 is 11.6 Å². The average molecular weight is 463 g/mol. The molecule has 31 heavy (non-hydrogen) atoms. The summed E-state index contributed by atoms with van der Waals surface area (Å²) in [7, 11) is -3.80. The fourth-order valence-electron chi connectivity index (χ4n) is 4.10. The molecule has 0 atom stereocenters. The first-order valence-electron chi connectivity index (χ1n) is 10.6. The highest BCUT2D eigenvalue weighted by Crippen LogP contribution is 2.33. The number of sulfonamides is 1. The van der Waals surface area contributed by atoms with Crippen molar-refractivity contribution < 1.29 is 17.9 Å². The minimum atomic E-state index is -3.80. The molecule has 2 heterocycles. The number of carbonyl (C=O) groups excluding carboxylic acids is 1. The van der Waals surface area contributed by atoms with E-state index in [-0.39, 0.29) is 28.9 Å². The standard InChI is InChI=1S/C23H27ClN2O4S/c1-16(2)17-6-8-21-18(14-17)4-3-9-26(21)23(27)19-5-7-20(24)22(15-19)31(28,29)25-10-12-30-13-11-25/h5-8,14-16H,3-4,9-13H2,1-2H3. The third-order valence-electron chi connectivity index (χ3n) is 5.90. The molecule has 0 N–H and O–H groups in total. The zero-order valence-corrected chi connectivity index (χ0v) is 19.4. The Balaban J connectivity index is 1.67. The van der Waals surface area contributed by atoms with Crippen LogP contribution in [0.4, 0.5) is 5.69 Å². The lowest BCUT2D eigenvalue weighted by molar-refractivity contribution is 0.0730. The van der Waals surface area contributed by atoms with Crippen LogP contribution in [-0.2, 0) is 21.2 Å². The van der Waals surface area contributed by atoms with Gasteiger partial charge in [0.2, 0.25) is 10.0 Å². The molecule has 1 fully saturated rings. The van der Waals surface area contributed by atoms with Crippen molar-refractivity contribution in [2.24, 2.45) is 0 Å². The predicted octanol–water partition coefficient (Wildman–Crippen LogP) is 4.08. The Kier molecular flexibility index (Phi) is 6.40. The number of hydrogen-bond donors (Lipinski definition) is 0. The Bertz CT molecular complexity index is 1090. The van der Waals surface area contributed by atoms with E-state index in [4.69, 9.17) is 16.3 Å². The topological polar surface area (TPSA) is 66.9 Å². The zero-order chi connectivity index (χ0) is 22.2. The maximum absolute atomic E-state index is 13.4. The van der Waals surface area contributed by atoms with Crippen LogP contribution in [0.3, 0.4) is 0 Å². The molecule has 2 aromatic rings. The largest absolute Gasteiger partial charge is 0.379 e. The summed E-state index contributed by atoms with van der Waals surface area (Å²) in [5.41, 5.74) is 3.62. The first kappa shape index (κ1) is 22.3. The van der Waals surface area contributed by atoms with Crippen molar-refractivity contribution in [1.82, 2.24) is 4.31 Å². The first-order chi connectivity index (χ1) is 14.8. The Morgan fingerprint density at radius 1 is 1.06 bits per heavy atom.